The van der Waals surface area contributed by atoms with E-state index in [1.807, 2.05) is 0 Å². The normalized spacial score (nSPS) is 24.0. The summed E-state index contributed by atoms with van der Waals surface area (Å²) < 4.78 is 5.06. The maximum atomic E-state index is 6.19. The second-order valence-corrected chi connectivity index (χ2v) is 4.53. The quantitative estimate of drug-likeness (QED) is 0.687. The molecular weight excluding hydrogens is 162 g/mol. The van der Waals surface area contributed by atoms with Crippen molar-refractivity contribution >= 4 is 0 Å². The van der Waals surface area contributed by atoms with Crippen LogP contribution in [0, 0.1) is 17.8 Å². The zero-order valence-electron chi connectivity index (χ0n) is 9.12. The van der Waals surface area contributed by atoms with Crippen molar-refractivity contribution in [1.29, 1.82) is 0 Å². The van der Waals surface area contributed by atoms with E-state index >= 15 is 0 Å². The van der Waals surface area contributed by atoms with Crippen LogP contribution in [0.2, 0.25) is 0 Å². The number of methoxy groups -OCH3 is 1. The maximum absolute atomic E-state index is 6.19. The highest BCUT2D eigenvalue weighted by Gasteiger charge is 2.33. The Kier molecular flexibility index (Phi) is 4.20. The topological polar surface area (TPSA) is 35.2 Å². The van der Waals surface area contributed by atoms with E-state index in [-0.39, 0.29) is 0 Å². The highest BCUT2D eigenvalue weighted by Crippen LogP contribution is 2.39. The van der Waals surface area contributed by atoms with E-state index in [1.54, 1.807) is 7.11 Å². The minimum absolute atomic E-state index is 0.364. The Hall–Kier alpha value is -0.0800. The van der Waals surface area contributed by atoms with Crippen LogP contribution in [0.4, 0.5) is 0 Å². The molecule has 0 amide bonds. The van der Waals surface area contributed by atoms with Gasteiger partial charge in [0, 0.05) is 19.8 Å². The Morgan fingerprint density at radius 1 is 1.38 bits per heavy atom. The molecule has 1 aliphatic rings. The van der Waals surface area contributed by atoms with Crippen molar-refractivity contribution in [2.45, 2.75) is 39.2 Å². The molecule has 0 saturated heterocycles. The van der Waals surface area contributed by atoms with Gasteiger partial charge in [0.2, 0.25) is 0 Å². The number of nitrogens with two attached hydrogens (primary N) is 1. The van der Waals surface area contributed by atoms with Crippen molar-refractivity contribution in [2.24, 2.45) is 23.5 Å². The van der Waals surface area contributed by atoms with Gasteiger partial charge in [0.15, 0.2) is 0 Å². The van der Waals surface area contributed by atoms with Crippen LogP contribution in [0.3, 0.4) is 0 Å². The number of hydrogen-bond donors (Lipinski definition) is 1. The van der Waals surface area contributed by atoms with Crippen LogP contribution in [0.5, 0.6) is 0 Å². The minimum atomic E-state index is 0.364. The first-order chi connectivity index (χ1) is 6.16. The van der Waals surface area contributed by atoms with Crippen LogP contribution >= 0.6 is 0 Å². The van der Waals surface area contributed by atoms with Gasteiger partial charge in [-0.1, -0.05) is 13.8 Å². The minimum Gasteiger partial charge on any atom is -0.385 e. The summed E-state index contributed by atoms with van der Waals surface area (Å²) in [5.74, 6) is 2.21. The maximum Gasteiger partial charge on any atom is 0.0465 e. The largest absolute Gasteiger partial charge is 0.385 e. The molecule has 0 bridgehead atoms. The average molecular weight is 185 g/mol. The first kappa shape index (κ1) is 11.0. The van der Waals surface area contributed by atoms with Gasteiger partial charge in [-0.05, 0) is 37.0 Å². The van der Waals surface area contributed by atoms with Crippen molar-refractivity contribution in [3.05, 3.63) is 0 Å². The molecule has 3 unspecified atom stereocenters. The monoisotopic (exact) mass is 185 g/mol. The second kappa shape index (κ2) is 4.97. The Labute approximate surface area is 81.8 Å². The van der Waals surface area contributed by atoms with Gasteiger partial charge < -0.3 is 10.5 Å². The molecule has 1 aliphatic carbocycles. The van der Waals surface area contributed by atoms with E-state index < -0.39 is 0 Å². The molecule has 0 aromatic carbocycles. The van der Waals surface area contributed by atoms with Crippen LogP contribution in [0.1, 0.15) is 33.1 Å². The first-order valence-electron chi connectivity index (χ1n) is 5.41. The predicted molar refractivity (Wildman–Crippen MR) is 55.5 cm³/mol. The lowest BCUT2D eigenvalue weighted by Crippen LogP contribution is -2.36. The lowest BCUT2D eigenvalue weighted by Gasteiger charge is -2.25. The number of ether oxygens (including phenoxy) is 1. The van der Waals surface area contributed by atoms with E-state index in [9.17, 15) is 0 Å². The van der Waals surface area contributed by atoms with Gasteiger partial charge in [-0.2, -0.15) is 0 Å². The first-order valence-corrected chi connectivity index (χ1v) is 5.41. The fourth-order valence-electron chi connectivity index (χ4n) is 1.95. The van der Waals surface area contributed by atoms with Gasteiger partial charge in [0.25, 0.3) is 0 Å². The van der Waals surface area contributed by atoms with Crippen molar-refractivity contribution in [2.75, 3.05) is 13.7 Å². The third kappa shape index (κ3) is 3.28. The van der Waals surface area contributed by atoms with Gasteiger partial charge in [-0.3, -0.25) is 0 Å². The lowest BCUT2D eigenvalue weighted by atomic mass is 9.86. The SMILES string of the molecule is COCCC(C)C(N)C(C)C1CC1. The Morgan fingerprint density at radius 2 is 2.00 bits per heavy atom. The summed E-state index contributed by atoms with van der Waals surface area (Å²) in [7, 11) is 1.75. The van der Waals surface area contributed by atoms with E-state index in [0.717, 1.165) is 18.9 Å². The second-order valence-electron chi connectivity index (χ2n) is 4.53. The average Bonchev–Trinajstić information content (AvgIpc) is 2.94. The van der Waals surface area contributed by atoms with E-state index in [1.165, 1.54) is 12.8 Å². The smallest absolute Gasteiger partial charge is 0.0465 e. The molecule has 0 aromatic rings. The molecule has 1 fully saturated rings. The standard InChI is InChI=1S/C11H23NO/c1-8(6-7-13-3)11(12)9(2)10-4-5-10/h8-11H,4-7,12H2,1-3H3. The number of rotatable bonds is 6. The van der Waals surface area contributed by atoms with Crippen molar-refractivity contribution in [1.82, 2.24) is 0 Å². The highest BCUT2D eigenvalue weighted by molar-refractivity contribution is 4.87. The van der Waals surface area contributed by atoms with E-state index in [2.05, 4.69) is 13.8 Å². The summed E-state index contributed by atoms with van der Waals surface area (Å²) in [5.41, 5.74) is 6.19. The lowest BCUT2D eigenvalue weighted by molar-refractivity contribution is 0.165. The highest BCUT2D eigenvalue weighted by atomic mass is 16.5. The molecule has 0 spiro atoms. The van der Waals surface area contributed by atoms with E-state index in [0.29, 0.717) is 17.9 Å². The van der Waals surface area contributed by atoms with Crippen molar-refractivity contribution in [3.8, 4) is 0 Å². The molecule has 1 saturated carbocycles. The van der Waals surface area contributed by atoms with Crippen LogP contribution in [-0.4, -0.2) is 19.8 Å². The van der Waals surface area contributed by atoms with E-state index in [4.69, 9.17) is 10.5 Å². The zero-order valence-corrected chi connectivity index (χ0v) is 9.12. The molecule has 0 aliphatic heterocycles. The molecule has 0 radical (unpaired) electrons. The number of hydrogen-bond acceptors (Lipinski definition) is 2. The van der Waals surface area contributed by atoms with Crippen LogP contribution in [0.15, 0.2) is 0 Å². The van der Waals surface area contributed by atoms with Crippen molar-refractivity contribution in [3.63, 3.8) is 0 Å². The van der Waals surface area contributed by atoms with Gasteiger partial charge >= 0.3 is 0 Å². The molecule has 78 valence electrons. The molecule has 13 heavy (non-hydrogen) atoms. The van der Waals surface area contributed by atoms with Crippen LogP contribution < -0.4 is 5.73 Å². The van der Waals surface area contributed by atoms with Crippen LogP contribution in [-0.2, 0) is 4.74 Å². The zero-order chi connectivity index (χ0) is 9.84. The molecule has 2 nitrogen and oxygen atoms in total. The molecule has 3 atom stereocenters. The summed E-state index contributed by atoms with van der Waals surface area (Å²) in [6, 6.07) is 0.364. The Balaban J connectivity index is 2.23. The summed E-state index contributed by atoms with van der Waals surface area (Å²) >= 11 is 0. The van der Waals surface area contributed by atoms with Crippen LogP contribution in [0.25, 0.3) is 0 Å². The third-order valence-electron chi connectivity index (χ3n) is 3.41. The third-order valence-corrected chi connectivity index (χ3v) is 3.41. The predicted octanol–water partition coefficient (Wildman–Crippen LogP) is 2.03. The van der Waals surface area contributed by atoms with Crippen molar-refractivity contribution < 1.29 is 4.74 Å². The molecule has 1 rings (SSSR count). The fourth-order valence-corrected chi connectivity index (χ4v) is 1.95. The molecule has 0 aromatic heterocycles. The van der Waals surface area contributed by atoms with Gasteiger partial charge in [-0.15, -0.1) is 0 Å². The molecular formula is C11H23NO. The van der Waals surface area contributed by atoms with Gasteiger partial charge in [-0.25, -0.2) is 0 Å². The van der Waals surface area contributed by atoms with Gasteiger partial charge in [0.1, 0.15) is 0 Å². The Morgan fingerprint density at radius 3 is 2.46 bits per heavy atom. The summed E-state index contributed by atoms with van der Waals surface area (Å²) in [4.78, 5) is 0. The molecule has 2 heteroatoms. The fraction of sp³-hybridized carbons (Fsp3) is 1.00. The molecule has 2 N–H and O–H groups in total. The summed E-state index contributed by atoms with van der Waals surface area (Å²) in [6.45, 7) is 5.38. The Bertz CT molecular complexity index is 145. The summed E-state index contributed by atoms with van der Waals surface area (Å²) in [5, 5.41) is 0. The summed E-state index contributed by atoms with van der Waals surface area (Å²) in [6.07, 6.45) is 3.88. The van der Waals surface area contributed by atoms with Gasteiger partial charge in [0.05, 0.1) is 0 Å². The molecule has 0 heterocycles.